The standard InChI is InChI=1S/C18H20Cl2N2O.ClH/c1-12(10-14-4-5-15(19)11-17(14)20)18(23)22-9-8-13-2-6-16(21)7-3-13;/h2-7,11-12H,8-10,21H2,1H3,(H,22,23);1H. The molecule has 3 nitrogen and oxygen atoms in total. The van der Waals surface area contributed by atoms with E-state index in [1.54, 1.807) is 12.1 Å². The highest BCUT2D eigenvalue weighted by molar-refractivity contribution is 6.35. The summed E-state index contributed by atoms with van der Waals surface area (Å²) >= 11 is 12.0. The quantitative estimate of drug-likeness (QED) is 0.715. The largest absolute Gasteiger partial charge is 0.399 e. The Morgan fingerprint density at radius 3 is 2.46 bits per heavy atom. The molecule has 0 aliphatic heterocycles. The van der Waals surface area contributed by atoms with E-state index in [-0.39, 0.29) is 24.2 Å². The molecule has 1 atom stereocenters. The minimum absolute atomic E-state index is 0. The van der Waals surface area contributed by atoms with Crippen molar-refractivity contribution in [3.05, 3.63) is 63.6 Å². The molecule has 130 valence electrons. The Morgan fingerprint density at radius 1 is 1.17 bits per heavy atom. The fourth-order valence-corrected chi connectivity index (χ4v) is 2.78. The molecule has 0 radical (unpaired) electrons. The molecule has 24 heavy (non-hydrogen) atoms. The van der Waals surface area contributed by atoms with E-state index in [1.165, 1.54) is 0 Å². The summed E-state index contributed by atoms with van der Waals surface area (Å²) in [5, 5.41) is 4.15. The molecule has 2 aromatic rings. The van der Waals surface area contributed by atoms with Crippen LogP contribution in [-0.2, 0) is 17.6 Å². The van der Waals surface area contributed by atoms with Crippen molar-refractivity contribution in [2.45, 2.75) is 19.8 Å². The highest BCUT2D eigenvalue weighted by Gasteiger charge is 2.14. The summed E-state index contributed by atoms with van der Waals surface area (Å²) < 4.78 is 0. The van der Waals surface area contributed by atoms with Crippen LogP contribution in [0.1, 0.15) is 18.1 Å². The summed E-state index contributed by atoms with van der Waals surface area (Å²) in [5.41, 5.74) is 8.47. The molecule has 0 heterocycles. The topological polar surface area (TPSA) is 55.1 Å². The van der Waals surface area contributed by atoms with E-state index in [9.17, 15) is 4.79 Å². The lowest BCUT2D eigenvalue weighted by atomic mass is 10.00. The predicted octanol–water partition coefficient (Wildman–Crippen LogP) is 4.53. The number of rotatable bonds is 6. The minimum atomic E-state index is -0.153. The van der Waals surface area contributed by atoms with E-state index >= 15 is 0 Å². The van der Waals surface area contributed by atoms with Crippen molar-refractivity contribution < 1.29 is 4.79 Å². The Kier molecular flexibility index (Phi) is 8.40. The van der Waals surface area contributed by atoms with Gasteiger partial charge >= 0.3 is 0 Å². The molecule has 0 saturated heterocycles. The Morgan fingerprint density at radius 2 is 1.83 bits per heavy atom. The van der Waals surface area contributed by atoms with Crippen LogP contribution in [0.25, 0.3) is 0 Å². The molecule has 6 heteroatoms. The number of nitrogen functional groups attached to an aromatic ring is 1. The van der Waals surface area contributed by atoms with E-state index in [2.05, 4.69) is 5.32 Å². The van der Waals surface area contributed by atoms with Gasteiger partial charge < -0.3 is 11.1 Å². The average molecular weight is 388 g/mol. The molecule has 0 bridgehead atoms. The van der Waals surface area contributed by atoms with Crippen LogP contribution in [0.2, 0.25) is 10.0 Å². The van der Waals surface area contributed by atoms with Crippen LogP contribution in [-0.4, -0.2) is 12.5 Å². The maximum atomic E-state index is 12.2. The maximum Gasteiger partial charge on any atom is 0.223 e. The van der Waals surface area contributed by atoms with Gasteiger partial charge in [0.25, 0.3) is 0 Å². The second-order valence-electron chi connectivity index (χ2n) is 5.62. The number of nitrogens with two attached hydrogens (primary N) is 1. The van der Waals surface area contributed by atoms with Crippen LogP contribution in [0.5, 0.6) is 0 Å². The number of benzene rings is 2. The Bertz CT molecular complexity index is 674. The van der Waals surface area contributed by atoms with Crippen LogP contribution < -0.4 is 11.1 Å². The van der Waals surface area contributed by atoms with Gasteiger partial charge in [0.2, 0.25) is 5.91 Å². The van der Waals surface area contributed by atoms with Gasteiger partial charge in [-0.2, -0.15) is 0 Å². The van der Waals surface area contributed by atoms with Crippen LogP contribution in [0.15, 0.2) is 42.5 Å². The molecule has 1 unspecified atom stereocenters. The second-order valence-corrected chi connectivity index (χ2v) is 6.47. The molecule has 0 spiro atoms. The number of carbonyl (C=O) groups is 1. The van der Waals surface area contributed by atoms with Crippen molar-refractivity contribution in [2.75, 3.05) is 12.3 Å². The first kappa shape index (κ1) is 20.6. The van der Waals surface area contributed by atoms with Crippen molar-refractivity contribution in [1.29, 1.82) is 0 Å². The third-order valence-corrected chi connectivity index (χ3v) is 4.27. The van der Waals surface area contributed by atoms with Gasteiger partial charge in [0, 0.05) is 28.2 Å². The normalized spacial score (nSPS) is 11.5. The van der Waals surface area contributed by atoms with Crippen molar-refractivity contribution in [2.24, 2.45) is 5.92 Å². The summed E-state index contributed by atoms with van der Waals surface area (Å²) in [6.45, 7) is 2.49. The van der Waals surface area contributed by atoms with E-state index in [4.69, 9.17) is 28.9 Å². The molecule has 2 aromatic carbocycles. The Labute approximate surface area is 158 Å². The highest BCUT2D eigenvalue weighted by Crippen LogP contribution is 2.23. The molecule has 0 fully saturated rings. The van der Waals surface area contributed by atoms with Gasteiger partial charge in [0.1, 0.15) is 0 Å². The summed E-state index contributed by atoms with van der Waals surface area (Å²) in [5.74, 6) is -0.133. The zero-order valence-corrected chi connectivity index (χ0v) is 15.7. The Hall–Kier alpha value is -1.42. The van der Waals surface area contributed by atoms with Gasteiger partial charge in [0.15, 0.2) is 0 Å². The van der Waals surface area contributed by atoms with E-state index in [0.29, 0.717) is 23.0 Å². The second kappa shape index (κ2) is 9.77. The molecular weight excluding hydrogens is 367 g/mol. The first-order valence-corrected chi connectivity index (χ1v) is 8.27. The van der Waals surface area contributed by atoms with Crippen LogP contribution in [0, 0.1) is 5.92 Å². The average Bonchev–Trinajstić information content (AvgIpc) is 2.51. The fourth-order valence-electron chi connectivity index (χ4n) is 2.30. The van der Waals surface area contributed by atoms with Gasteiger partial charge in [0.05, 0.1) is 0 Å². The monoisotopic (exact) mass is 386 g/mol. The molecule has 0 aliphatic rings. The molecule has 3 N–H and O–H groups in total. The zero-order chi connectivity index (χ0) is 16.8. The van der Waals surface area contributed by atoms with Crippen molar-refractivity contribution in [3.8, 4) is 0 Å². The van der Waals surface area contributed by atoms with Gasteiger partial charge in [-0.25, -0.2) is 0 Å². The summed E-state index contributed by atoms with van der Waals surface area (Å²) in [6, 6.07) is 13.0. The van der Waals surface area contributed by atoms with Gasteiger partial charge in [-0.15, -0.1) is 12.4 Å². The number of amides is 1. The van der Waals surface area contributed by atoms with Crippen LogP contribution in [0.4, 0.5) is 5.69 Å². The third-order valence-electron chi connectivity index (χ3n) is 3.68. The Balaban J connectivity index is 0.00000288. The molecule has 0 aliphatic carbocycles. The smallest absolute Gasteiger partial charge is 0.223 e. The number of nitrogens with one attached hydrogen (secondary N) is 1. The molecular formula is C18H21Cl3N2O. The van der Waals surface area contributed by atoms with E-state index in [1.807, 2.05) is 37.3 Å². The summed E-state index contributed by atoms with van der Waals surface area (Å²) in [4.78, 5) is 12.2. The predicted molar refractivity (Wildman–Crippen MR) is 104 cm³/mol. The lowest BCUT2D eigenvalue weighted by Crippen LogP contribution is -2.31. The van der Waals surface area contributed by atoms with Gasteiger partial charge in [-0.1, -0.05) is 48.3 Å². The van der Waals surface area contributed by atoms with Gasteiger partial charge in [-0.3, -0.25) is 4.79 Å². The lowest BCUT2D eigenvalue weighted by Gasteiger charge is -2.13. The zero-order valence-electron chi connectivity index (χ0n) is 13.4. The number of carbonyl (C=O) groups excluding carboxylic acids is 1. The van der Waals surface area contributed by atoms with Crippen LogP contribution in [0.3, 0.4) is 0 Å². The summed E-state index contributed by atoms with van der Waals surface area (Å²) in [6.07, 6.45) is 1.37. The number of hydrogen-bond donors (Lipinski definition) is 2. The van der Waals surface area contributed by atoms with Crippen molar-refractivity contribution in [1.82, 2.24) is 5.32 Å². The molecule has 0 saturated carbocycles. The fraction of sp³-hybridized carbons (Fsp3) is 0.278. The highest BCUT2D eigenvalue weighted by atomic mass is 35.5. The molecule has 1 amide bonds. The number of anilines is 1. The molecule has 0 aromatic heterocycles. The maximum absolute atomic E-state index is 12.2. The first-order valence-electron chi connectivity index (χ1n) is 7.52. The van der Waals surface area contributed by atoms with Gasteiger partial charge in [-0.05, 0) is 48.2 Å². The van der Waals surface area contributed by atoms with Crippen molar-refractivity contribution in [3.63, 3.8) is 0 Å². The third kappa shape index (κ3) is 6.23. The first-order chi connectivity index (χ1) is 11.0. The molecule has 2 rings (SSSR count). The summed E-state index contributed by atoms with van der Waals surface area (Å²) in [7, 11) is 0. The van der Waals surface area contributed by atoms with E-state index in [0.717, 1.165) is 23.2 Å². The number of hydrogen-bond acceptors (Lipinski definition) is 2. The van der Waals surface area contributed by atoms with E-state index < -0.39 is 0 Å². The lowest BCUT2D eigenvalue weighted by molar-refractivity contribution is -0.124. The van der Waals surface area contributed by atoms with Crippen molar-refractivity contribution >= 4 is 47.2 Å². The minimum Gasteiger partial charge on any atom is -0.399 e. The number of halogens is 3. The SMILES string of the molecule is CC(Cc1ccc(Cl)cc1Cl)C(=O)NCCc1ccc(N)cc1.Cl. The van der Waals surface area contributed by atoms with Crippen LogP contribution >= 0.6 is 35.6 Å².